The van der Waals surface area contributed by atoms with Gasteiger partial charge < -0.3 is 14.5 Å². The third-order valence-corrected chi connectivity index (χ3v) is 7.45. The van der Waals surface area contributed by atoms with Crippen molar-refractivity contribution in [3.8, 4) is 0 Å². The van der Waals surface area contributed by atoms with Crippen molar-refractivity contribution in [2.45, 2.75) is 43.4 Å². The first kappa shape index (κ1) is 29.4. The molecule has 0 radical (unpaired) electrons. The van der Waals surface area contributed by atoms with Gasteiger partial charge in [-0.1, -0.05) is 54.2 Å². The molecule has 0 N–H and O–H groups in total. The van der Waals surface area contributed by atoms with Crippen LogP contribution in [-0.4, -0.2) is 53.5 Å². The first-order valence-electron chi connectivity index (χ1n) is 13.0. The predicted octanol–water partition coefficient (Wildman–Crippen LogP) is 5.84. The van der Waals surface area contributed by atoms with E-state index in [0.29, 0.717) is 44.0 Å². The van der Waals surface area contributed by atoms with E-state index >= 15 is 0 Å². The Morgan fingerprint density at radius 1 is 1.07 bits per heavy atom. The molecule has 40 heavy (non-hydrogen) atoms. The lowest BCUT2D eigenvalue weighted by Crippen LogP contribution is -2.42. The summed E-state index contributed by atoms with van der Waals surface area (Å²) in [6.07, 6.45) is -3.19. The molecule has 2 aromatic carbocycles. The molecule has 1 saturated heterocycles. The minimum absolute atomic E-state index is 0.0169. The number of amides is 1. The minimum atomic E-state index is -4.61. The van der Waals surface area contributed by atoms with Crippen molar-refractivity contribution in [1.29, 1.82) is 0 Å². The van der Waals surface area contributed by atoms with E-state index < -0.39 is 11.9 Å². The lowest BCUT2D eigenvalue weighted by atomic mass is 9.97. The molecule has 0 aliphatic carbocycles. The highest BCUT2D eigenvalue weighted by Crippen LogP contribution is 2.32. The molecule has 3 aromatic rings. The number of rotatable bonds is 9. The fourth-order valence-corrected chi connectivity index (χ4v) is 5.25. The van der Waals surface area contributed by atoms with Gasteiger partial charge in [-0.05, 0) is 43.0 Å². The Bertz CT molecular complexity index is 1310. The summed E-state index contributed by atoms with van der Waals surface area (Å²) >= 11 is 1.10. The number of nitrogens with zero attached hydrogens (tertiary/aromatic N) is 4. The average Bonchev–Trinajstić information content (AvgIpc) is 2.96. The number of hydrogen-bond donors (Lipinski definition) is 0. The minimum Gasteiger partial charge on any atom is -0.466 e. The summed E-state index contributed by atoms with van der Waals surface area (Å²) in [6, 6.07) is 17.3. The molecule has 1 fully saturated rings. The van der Waals surface area contributed by atoms with Gasteiger partial charge in [-0.15, -0.1) is 0 Å². The highest BCUT2D eigenvalue weighted by atomic mass is 32.2. The van der Waals surface area contributed by atoms with Crippen molar-refractivity contribution in [3.05, 3.63) is 83.0 Å². The van der Waals surface area contributed by atoms with Crippen molar-refractivity contribution < 1.29 is 27.5 Å². The van der Waals surface area contributed by atoms with Gasteiger partial charge in [0.15, 0.2) is 10.9 Å². The van der Waals surface area contributed by atoms with Gasteiger partial charge in [0, 0.05) is 44.1 Å². The molecule has 1 unspecified atom stereocenters. The van der Waals surface area contributed by atoms with Crippen LogP contribution in [0.1, 0.15) is 46.9 Å². The molecule has 0 saturated carbocycles. The monoisotopic (exact) mass is 572 g/mol. The van der Waals surface area contributed by atoms with Crippen molar-refractivity contribution in [1.82, 2.24) is 14.9 Å². The maximum atomic E-state index is 13.6. The lowest BCUT2D eigenvalue weighted by molar-refractivity contribution is -0.149. The van der Waals surface area contributed by atoms with Gasteiger partial charge in [-0.2, -0.15) is 13.2 Å². The molecular formula is C29H31F3N4O3S. The molecule has 1 aliphatic rings. The highest BCUT2D eigenvalue weighted by Gasteiger charge is 2.34. The van der Waals surface area contributed by atoms with Crippen molar-refractivity contribution in [2.75, 3.05) is 31.6 Å². The number of benzene rings is 2. The van der Waals surface area contributed by atoms with E-state index in [1.54, 1.807) is 48.0 Å². The van der Waals surface area contributed by atoms with Gasteiger partial charge in [0.1, 0.15) is 5.82 Å². The second kappa shape index (κ2) is 13.2. The number of alkyl halides is 3. The SMILES string of the molecule is CCOC(=O)C1CCCN(C(=O)c2ccc(CSc3nc(N(C)Cc4ccccc4)cc(C(F)(F)F)n3)cc2)C1. The quantitative estimate of drug-likeness (QED) is 0.181. The van der Waals surface area contributed by atoms with Crippen LogP contribution in [0.15, 0.2) is 65.8 Å². The summed E-state index contributed by atoms with van der Waals surface area (Å²) < 4.78 is 45.9. The lowest BCUT2D eigenvalue weighted by Gasteiger charge is -2.31. The molecule has 1 atom stereocenters. The first-order valence-corrected chi connectivity index (χ1v) is 14.0. The van der Waals surface area contributed by atoms with E-state index in [0.717, 1.165) is 35.4 Å². The number of hydrogen-bond acceptors (Lipinski definition) is 7. The third-order valence-electron chi connectivity index (χ3n) is 6.53. The Kier molecular flexibility index (Phi) is 9.67. The summed E-state index contributed by atoms with van der Waals surface area (Å²) in [4.78, 5) is 36.6. The maximum Gasteiger partial charge on any atom is 0.433 e. The summed E-state index contributed by atoms with van der Waals surface area (Å²) in [5, 5.41) is 0.0169. The van der Waals surface area contributed by atoms with Crippen LogP contribution in [0, 0.1) is 5.92 Å². The van der Waals surface area contributed by atoms with E-state index in [1.807, 2.05) is 30.3 Å². The zero-order valence-corrected chi connectivity index (χ0v) is 23.2. The van der Waals surface area contributed by atoms with Crippen LogP contribution >= 0.6 is 11.8 Å². The van der Waals surface area contributed by atoms with Crippen LogP contribution in [0.5, 0.6) is 0 Å². The molecule has 11 heteroatoms. The Labute approximate surface area is 235 Å². The normalized spacial score (nSPS) is 15.5. The summed E-state index contributed by atoms with van der Waals surface area (Å²) in [6.45, 7) is 3.35. The van der Waals surface area contributed by atoms with E-state index in [4.69, 9.17) is 4.74 Å². The van der Waals surface area contributed by atoms with Crippen LogP contribution in [-0.2, 0) is 28.0 Å². The van der Waals surface area contributed by atoms with Crippen molar-refractivity contribution >= 4 is 29.5 Å². The van der Waals surface area contributed by atoms with E-state index in [2.05, 4.69) is 9.97 Å². The van der Waals surface area contributed by atoms with Crippen LogP contribution in [0.3, 0.4) is 0 Å². The largest absolute Gasteiger partial charge is 0.466 e. The average molecular weight is 573 g/mol. The van der Waals surface area contributed by atoms with Gasteiger partial charge in [0.05, 0.1) is 12.5 Å². The van der Waals surface area contributed by atoms with Crippen LogP contribution < -0.4 is 4.90 Å². The van der Waals surface area contributed by atoms with E-state index in [9.17, 15) is 22.8 Å². The maximum absolute atomic E-state index is 13.6. The molecular weight excluding hydrogens is 541 g/mol. The number of piperidine rings is 1. The molecule has 2 heterocycles. The fourth-order valence-electron chi connectivity index (χ4n) is 4.44. The Morgan fingerprint density at radius 2 is 1.80 bits per heavy atom. The number of carbonyl (C=O) groups excluding carboxylic acids is 2. The third kappa shape index (κ3) is 7.74. The zero-order valence-electron chi connectivity index (χ0n) is 22.4. The molecule has 7 nitrogen and oxygen atoms in total. The molecule has 212 valence electrons. The number of aromatic nitrogens is 2. The fraction of sp³-hybridized carbons (Fsp3) is 0.379. The number of esters is 1. The number of thioether (sulfide) groups is 1. The first-order chi connectivity index (χ1) is 19.1. The number of carbonyl (C=O) groups is 2. The second-order valence-electron chi connectivity index (χ2n) is 9.56. The summed E-state index contributed by atoms with van der Waals surface area (Å²) in [5.41, 5.74) is 1.24. The number of anilines is 1. The van der Waals surface area contributed by atoms with Crippen LogP contribution in [0.2, 0.25) is 0 Å². The van der Waals surface area contributed by atoms with Crippen molar-refractivity contribution in [2.24, 2.45) is 5.92 Å². The Balaban J connectivity index is 1.42. The second-order valence-corrected chi connectivity index (χ2v) is 10.5. The molecule has 0 spiro atoms. The summed E-state index contributed by atoms with van der Waals surface area (Å²) in [7, 11) is 1.69. The van der Waals surface area contributed by atoms with Gasteiger partial charge in [0.2, 0.25) is 0 Å². The molecule has 1 aliphatic heterocycles. The highest BCUT2D eigenvalue weighted by molar-refractivity contribution is 7.98. The number of ether oxygens (including phenoxy) is 1. The van der Waals surface area contributed by atoms with E-state index in [-0.39, 0.29) is 28.8 Å². The van der Waals surface area contributed by atoms with Gasteiger partial charge in [0.25, 0.3) is 5.91 Å². The smallest absolute Gasteiger partial charge is 0.433 e. The van der Waals surface area contributed by atoms with Gasteiger partial charge in [-0.25, -0.2) is 9.97 Å². The summed E-state index contributed by atoms with van der Waals surface area (Å²) in [5.74, 6) is -0.263. The zero-order chi connectivity index (χ0) is 28.7. The Morgan fingerprint density at radius 3 is 2.48 bits per heavy atom. The van der Waals surface area contributed by atoms with E-state index in [1.165, 1.54) is 0 Å². The molecule has 4 rings (SSSR count). The Hall–Kier alpha value is -3.60. The number of likely N-dealkylation sites (tertiary alicyclic amines) is 1. The topological polar surface area (TPSA) is 75.6 Å². The van der Waals surface area contributed by atoms with Gasteiger partial charge in [-0.3, -0.25) is 9.59 Å². The number of halogens is 3. The van der Waals surface area contributed by atoms with Crippen molar-refractivity contribution in [3.63, 3.8) is 0 Å². The molecule has 1 amide bonds. The standard InChI is InChI=1S/C29H31F3N4O3S/c1-3-39-27(38)23-10-7-15-36(18-23)26(37)22-13-11-21(12-14-22)19-40-28-33-24(29(30,31)32)16-25(34-28)35(2)17-20-8-5-4-6-9-20/h4-6,8-9,11-14,16,23H,3,7,10,15,17-19H2,1-2H3. The molecule has 1 aromatic heterocycles. The predicted molar refractivity (Wildman–Crippen MR) is 147 cm³/mol. The van der Waals surface area contributed by atoms with Crippen LogP contribution in [0.4, 0.5) is 19.0 Å². The van der Waals surface area contributed by atoms with Crippen LogP contribution in [0.25, 0.3) is 0 Å². The molecule has 0 bridgehead atoms. The van der Waals surface area contributed by atoms with Gasteiger partial charge >= 0.3 is 12.1 Å².